The second-order valence-corrected chi connectivity index (χ2v) is 7.48. The van der Waals surface area contributed by atoms with Crippen molar-refractivity contribution in [1.82, 2.24) is 14.9 Å². The summed E-state index contributed by atoms with van der Waals surface area (Å²) in [7, 11) is 1.81. The average molecular weight is 354 g/mol. The number of hydrogen-bond acceptors (Lipinski definition) is 4. The first-order valence-electron chi connectivity index (χ1n) is 8.67. The molecule has 0 saturated carbocycles. The molecule has 1 amide bonds. The van der Waals surface area contributed by atoms with Gasteiger partial charge in [-0.2, -0.15) is 0 Å². The van der Waals surface area contributed by atoms with Crippen LogP contribution in [0.15, 0.2) is 42.0 Å². The zero-order valence-electron chi connectivity index (χ0n) is 14.3. The normalized spacial score (nSPS) is 16.4. The SMILES string of the molecule is CN(C(=O)CN1CCC(c2c[nH]c3ccccc23)CC1)c1nccs1. The van der Waals surface area contributed by atoms with Gasteiger partial charge in [-0.15, -0.1) is 11.3 Å². The van der Waals surface area contributed by atoms with Crippen molar-refractivity contribution in [2.75, 3.05) is 31.6 Å². The third-order valence-corrected chi connectivity index (χ3v) is 5.94. The molecule has 0 atom stereocenters. The summed E-state index contributed by atoms with van der Waals surface area (Å²) in [6, 6.07) is 8.48. The second-order valence-electron chi connectivity index (χ2n) is 6.61. The minimum absolute atomic E-state index is 0.112. The molecule has 5 nitrogen and oxygen atoms in total. The van der Waals surface area contributed by atoms with E-state index < -0.39 is 0 Å². The molecule has 130 valence electrons. The zero-order chi connectivity index (χ0) is 17.2. The van der Waals surface area contributed by atoms with Crippen LogP contribution in [0.1, 0.15) is 24.3 Å². The number of H-pyrrole nitrogens is 1. The number of likely N-dealkylation sites (tertiary alicyclic amines) is 1. The first-order valence-corrected chi connectivity index (χ1v) is 9.55. The number of piperidine rings is 1. The lowest BCUT2D eigenvalue weighted by molar-refractivity contribution is -0.119. The lowest BCUT2D eigenvalue weighted by Crippen LogP contribution is -2.42. The van der Waals surface area contributed by atoms with Crippen molar-refractivity contribution in [2.45, 2.75) is 18.8 Å². The van der Waals surface area contributed by atoms with Crippen molar-refractivity contribution in [1.29, 1.82) is 0 Å². The van der Waals surface area contributed by atoms with E-state index in [-0.39, 0.29) is 5.91 Å². The number of hydrogen-bond donors (Lipinski definition) is 1. The number of nitrogens with one attached hydrogen (secondary N) is 1. The van der Waals surface area contributed by atoms with Gasteiger partial charge in [0.25, 0.3) is 0 Å². The van der Waals surface area contributed by atoms with Gasteiger partial charge in [0.1, 0.15) is 0 Å². The van der Waals surface area contributed by atoms with Crippen LogP contribution < -0.4 is 4.90 Å². The van der Waals surface area contributed by atoms with E-state index in [0.29, 0.717) is 12.5 Å². The Morgan fingerprint density at radius 2 is 2.16 bits per heavy atom. The maximum atomic E-state index is 12.4. The highest BCUT2D eigenvalue weighted by Gasteiger charge is 2.25. The molecule has 1 N–H and O–H groups in total. The number of thiazole rings is 1. The summed E-state index contributed by atoms with van der Waals surface area (Å²) in [4.78, 5) is 24.0. The summed E-state index contributed by atoms with van der Waals surface area (Å²) in [5.41, 5.74) is 2.63. The Balaban J connectivity index is 1.36. The summed E-state index contributed by atoms with van der Waals surface area (Å²) in [6.45, 7) is 2.39. The molecule has 1 fully saturated rings. The highest BCUT2D eigenvalue weighted by molar-refractivity contribution is 7.13. The van der Waals surface area contributed by atoms with Crippen LogP contribution in [-0.4, -0.2) is 47.5 Å². The van der Waals surface area contributed by atoms with E-state index in [2.05, 4.69) is 45.3 Å². The molecule has 1 saturated heterocycles. The lowest BCUT2D eigenvalue weighted by Gasteiger charge is -2.32. The van der Waals surface area contributed by atoms with Gasteiger partial charge >= 0.3 is 0 Å². The summed E-state index contributed by atoms with van der Waals surface area (Å²) < 4.78 is 0. The van der Waals surface area contributed by atoms with Crippen LogP contribution in [0.4, 0.5) is 5.13 Å². The molecule has 1 aromatic carbocycles. The van der Waals surface area contributed by atoms with Gasteiger partial charge in [0.05, 0.1) is 6.54 Å². The van der Waals surface area contributed by atoms with Gasteiger partial charge in [0.15, 0.2) is 5.13 Å². The van der Waals surface area contributed by atoms with Gasteiger partial charge in [-0.05, 0) is 43.5 Å². The molecule has 25 heavy (non-hydrogen) atoms. The predicted molar refractivity (Wildman–Crippen MR) is 102 cm³/mol. The highest BCUT2D eigenvalue weighted by Crippen LogP contribution is 2.33. The van der Waals surface area contributed by atoms with E-state index >= 15 is 0 Å². The Hall–Kier alpha value is -2.18. The van der Waals surface area contributed by atoms with Gasteiger partial charge in [-0.25, -0.2) is 4.98 Å². The third kappa shape index (κ3) is 3.32. The van der Waals surface area contributed by atoms with Crippen molar-refractivity contribution in [3.05, 3.63) is 47.6 Å². The van der Waals surface area contributed by atoms with Crippen molar-refractivity contribution >= 4 is 33.3 Å². The quantitative estimate of drug-likeness (QED) is 0.780. The number of fused-ring (bicyclic) bond motifs is 1. The molecule has 0 aliphatic carbocycles. The van der Waals surface area contributed by atoms with Crippen molar-refractivity contribution in [2.24, 2.45) is 0 Å². The molecular formula is C19H22N4OS. The van der Waals surface area contributed by atoms with Crippen LogP contribution in [0.2, 0.25) is 0 Å². The van der Waals surface area contributed by atoms with Gasteiger partial charge in [-0.1, -0.05) is 18.2 Å². The van der Waals surface area contributed by atoms with E-state index in [1.165, 1.54) is 27.8 Å². The fourth-order valence-electron chi connectivity index (χ4n) is 3.62. The number of nitrogens with zero attached hydrogens (tertiary/aromatic N) is 3. The number of likely N-dealkylation sites (N-methyl/N-ethyl adjacent to an activating group) is 1. The number of rotatable bonds is 4. The Kier molecular flexibility index (Phi) is 4.55. The van der Waals surface area contributed by atoms with Crippen molar-refractivity contribution < 1.29 is 4.79 Å². The van der Waals surface area contributed by atoms with E-state index in [9.17, 15) is 4.79 Å². The van der Waals surface area contributed by atoms with Crippen LogP contribution >= 0.6 is 11.3 Å². The summed E-state index contributed by atoms with van der Waals surface area (Å²) in [5.74, 6) is 0.680. The third-order valence-electron chi connectivity index (χ3n) is 5.09. The zero-order valence-corrected chi connectivity index (χ0v) is 15.1. The highest BCUT2D eigenvalue weighted by atomic mass is 32.1. The minimum Gasteiger partial charge on any atom is -0.361 e. The predicted octanol–water partition coefficient (Wildman–Crippen LogP) is 3.47. The summed E-state index contributed by atoms with van der Waals surface area (Å²) >= 11 is 1.49. The van der Waals surface area contributed by atoms with Gasteiger partial charge in [-0.3, -0.25) is 14.6 Å². The molecule has 3 heterocycles. The topological polar surface area (TPSA) is 52.2 Å². The number of carbonyl (C=O) groups is 1. The minimum atomic E-state index is 0.112. The second kappa shape index (κ2) is 6.98. The number of aromatic amines is 1. The largest absolute Gasteiger partial charge is 0.361 e. The van der Waals surface area contributed by atoms with Gasteiger partial charge in [0, 0.05) is 35.7 Å². The molecular weight excluding hydrogens is 332 g/mol. The van der Waals surface area contributed by atoms with Crippen LogP contribution in [0, 0.1) is 0 Å². The molecule has 0 bridgehead atoms. The molecule has 1 aliphatic rings. The van der Waals surface area contributed by atoms with E-state index in [4.69, 9.17) is 0 Å². The Bertz CT molecular complexity index is 849. The Labute approximate surface area is 151 Å². The Morgan fingerprint density at radius 1 is 1.36 bits per heavy atom. The number of carbonyl (C=O) groups excluding carboxylic acids is 1. The standard InChI is InChI=1S/C19H22N4OS/c1-22(19-20-8-11-25-19)18(24)13-23-9-6-14(7-10-23)16-12-21-17-5-3-2-4-15(16)17/h2-5,8,11-12,14,21H,6-7,9-10,13H2,1H3. The summed E-state index contributed by atoms with van der Waals surface area (Å²) in [6.07, 6.45) is 6.08. The molecule has 0 radical (unpaired) electrons. The van der Waals surface area contributed by atoms with Gasteiger partial charge < -0.3 is 4.98 Å². The molecule has 0 spiro atoms. The van der Waals surface area contributed by atoms with E-state index in [1.807, 2.05) is 5.38 Å². The van der Waals surface area contributed by atoms with Crippen LogP contribution in [0.25, 0.3) is 10.9 Å². The molecule has 3 aromatic rings. The van der Waals surface area contributed by atoms with E-state index in [1.54, 1.807) is 18.1 Å². The monoisotopic (exact) mass is 354 g/mol. The molecule has 0 unspecified atom stereocenters. The van der Waals surface area contributed by atoms with Gasteiger partial charge in [0.2, 0.25) is 5.91 Å². The smallest absolute Gasteiger partial charge is 0.242 e. The maximum Gasteiger partial charge on any atom is 0.242 e. The number of aromatic nitrogens is 2. The molecule has 4 rings (SSSR count). The van der Waals surface area contributed by atoms with E-state index in [0.717, 1.165) is 31.1 Å². The summed E-state index contributed by atoms with van der Waals surface area (Å²) in [5, 5.41) is 3.99. The van der Waals surface area contributed by atoms with Crippen LogP contribution in [0.3, 0.4) is 0 Å². The number of benzene rings is 1. The molecule has 1 aliphatic heterocycles. The molecule has 2 aromatic heterocycles. The first-order chi connectivity index (χ1) is 12.2. The number of para-hydroxylation sites is 1. The first kappa shape index (κ1) is 16.3. The maximum absolute atomic E-state index is 12.4. The number of anilines is 1. The van der Waals surface area contributed by atoms with Crippen LogP contribution in [-0.2, 0) is 4.79 Å². The van der Waals surface area contributed by atoms with Crippen molar-refractivity contribution in [3.63, 3.8) is 0 Å². The number of amides is 1. The fraction of sp³-hybridized carbons (Fsp3) is 0.368. The average Bonchev–Trinajstić information content (AvgIpc) is 3.31. The lowest BCUT2D eigenvalue weighted by atomic mass is 9.89. The van der Waals surface area contributed by atoms with Crippen molar-refractivity contribution in [3.8, 4) is 0 Å². The molecule has 6 heteroatoms. The fourth-order valence-corrected chi connectivity index (χ4v) is 4.24. The Morgan fingerprint density at radius 3 is 2.92 bits per heavy atom. The van der Waals surface area contributed by atoms with Crippen LogP contribution in [0.5, 0.6) is 0 Å².